The van der Waals surface area contributed by atoms with E-state index in [0.29, 0.717) is 22.7 Å². The predicted octanol–water partition coefficient (Wildman–Crippen LogP) is 4.67. The van der Waals surface area contributed by atoms with Crippen molar-refractivity contribution in [2.24, 2.45) is 17.0 Å². The third-order valence-corrected chi connectivity index (χ3v) is 12.9. The van der Waals surface area contributed by atoms with E-state index < -0.39 is 40.1 Å². The van der Waals surface area contributed by atoms with E-state index >= 15 is 0 Å². The lowest BCUT2D eigenvalue weighted by atomic mass is 9.96. The summed E-state index contributed by atoms with van der Waals surface area (Å²) < 4.78 is 29.6. The Kier molecular flexibility index (Phi) is 16.2. The average Bonchev–Trinajstić information content (AvgIpc) is 3.86. The smallest absolute Gasteiger partial charge is 0.318 e. The number of rotatable bonds is 19. The van der Waals surface area contributed by atoms with Crippen molar-refractivity contribution in [1.29, 1.82) is 0 Å². The minimum Gasteiger partial charge on any atom is -0.411 e. The standard InChI is InChI=1S/C39H55N7O7S2/c1-6-26(2)36(44-39(50)45(5)23-32-25-54-38(42-32)27(3)41-28(4)47)37(49)43-34(20-29-12-8-7-9-13-29)35(48)24-46(22-31-14-10-11-15-31)55(52,53)33-18-16-30(17-19-33)21-40-51/h7-9,12-13,16-19,21,25-27,31,34-36,48,51H,6,10-11,14-15,20,22-24H2,1-5H3,(H,41,47)(H,43,49)(H,44,50)/t26-,27-,34-,35+,36-/m0/s1. The Hall–Kier alpha value is -4.38. The Labute approximate surface area is 328 Å². The van der Waals surface area contributed by atoms with Crippen molar-refractivity contribution in [2.45, 2.75) is 102 Å². The highest BCUT2D eigenvalue weighted by Crippen LogP contribution is 2.28. The number of aliphatic hydroxyl groups is 1. The maximum absolute atomic E-state index is 14.1. The summed E-state index contributed by atoms with van der Waals surface area (Å²) >= 11 is 1.38. The first kappa shape index (κ1) is 43.3. The lowest BCUT2D eigenvalue weighted by Gasteiger charge is -2.33. The molecule has 1 aliphatic carbocycles. The summed E-state index contributed by atoms with van der Waals surface area (Å²) in [4.78, 5) is 45.2. The maximum atomic E-state index is 14.1. The number of sulfonamides is 1. The van der Waals surface area contributed by atoms with Crippen molar-refractivity contribution in [2.75, 3.05) is 20.1 Å². The molecule has 0 unspecified atom stereocenters. The van der Waals surface area contributed by atoms with Gasteiger partial charge in [0.05, 0.1) is 41.5 Å². The van der Waals surface area contributed by atoms with Crippen LogP contribution in [0.25, 0.3) is 0 Å². The number of carbonyl (C=O) groups is 3. The fourth-order valence-corrected chi connectivity index (χ4v) is 9.02. The Morgan fingerprint density at radius 3 is 2.33 bits per heavy atom. The summed E-state index contributed by atoms with van der Waals surface area (Å²) in [6, 6.07) is 12.7. The van der Waals surface area contributed by atoms with Crippen LogP contribution in [0.1, 0.15) is 87.7 Å². The molecule has 5 atom stereocenters. The lowest BCUT2D eigenvalue weighted by Crippen LogP contribution is -2.58. The maximum Gasteiger partial charge on any atom is 0.318 e. The van der Waals surface area contributed by atoms with E-state index in [1.807, 2.05) is 56.5 Å². The molecule has 4 amide bonds. The second-order valence-electron chi connectivity index (χ2n) is 14.4. The van der Waals surface area contributed by atoms with Gasteiger partial charge in [-0.25, -0.2) is 18.2 Å². The van der Waals surface area contributed by atoms with Crippen LogP contribution in [0.4, 0.5) is 4.79 Å². The van der Waals surface area contributed by atoms with E-state index in [-0.39, 0.29) is 54.7 Å². The van der Waals surface area contributed by atoms with Gasteiger partial charge in [-0.15, -0.1) is 11.3 Å². The average molecular weight is 798 g/mol. The van der Waals surface area contributed by atoms with Crippen molar-refractivity contribution < 1.29 is 33.1 Å². The van der Waals surface area contributed by atoms with Gasteiger partial charge in [-0.3, -0.25) is 9.59 Å². The summed E-state index contributed by atoms with van der Waals surface area (Å²) in [6.45, 7) is 7.16. The van der Waals surface area contributed by atoms with Gasteiger partial charge in [-0.2, -0.15) is 4.31 Å². The van der Waals surface area contributed by atoms with Crippen LogP contribution >= 0.6 is 11.3 Å². The van der Waals surface area contributed by atoms with E-state index in [1.165, 1.54) is 45.8 Å². The fraction of sp³-hybridized carbons (Fsp3) is 0.513. The molecule has 1 aromatic heterocycles. The SMILES string of the molecule is CC[C@H](C)[C@H](NC(=O)N(C)Cc1csc([C@H](C)NC(C)=O)n1)C(=O)N[C@@H](Cc1ccccc1)[C@H](O)CN(CC1CCCC1)S(=O)(=O)c1ccc(C=NO)cc1. The zero-order valence-electron chi connectivity index (χ0n) is 32.2. The molecule has 55 heavy (non-hydrogen) atoms. The van der Waals surface area contributed by atoms with Crippen molar-refractivity contribution in [3.8, 4) is 0 Å². The van der Waals surface area contributed by atoms with E-state index in [4.69, 9.17) is 5.21 Å². The Morgan fingerprint density at radius 2 is 1.71 bits per heavy atom. The molecule has 0 aliphatic heterocycles. The molecule has 2 aromatic carbocycles. The quantitative estimate of drug-likeness (QED) is 0.0656. The van der Waals surface area contributed by atoms with Crippen LogP contribution in [0.15, 0.2) is 70.0 Å². The Morgan fingerprint density at radius 1 is 1.04 bits per heavy atom. The summed E-state index contributed by atoms with van der Waals surface area (Å²) in [5.41, 5.74) is 1.99. The van der Waals surface area contributed by atoms with Gasteiger partial charge in [0.25, 0.3) is 0 Å². The molecule has 0 spiro atoms. The van der Waals surface area contributed by atoms with Gasteiger partial charge in [0, 0.05) is 32.4 Å². The molecular weight excluding hydrogens is 743 g/mol. The Balaban J connectivity index is 1.54. The van der Waals surface area contributed by atoms with Crippen LogP contribution in [0, 0.1) is 11.8 Å². The highest BCUT2D eigenvalue weighted by molar-refractivity contribution is 7.89. The second kappa shape index (κ2) is 20.5. The molecule has 1 saturated carbocycles. The first-order valence-electron chi connectivity index (χ1n) is 18.7. The normalized spacial score (nSPS) is 16.3. The fourth-order valence-electron chi connectivity index (χ4n) is 6.67. The number of hydrogen-bond acceptors (Lipinski definition) is 10. The molecule has 3 aromatic rings. The van der Waals surface area contributed by atoms with E-state index in [1.54, 1.807) is 19.2 Å². The largest absolute Gasteiger partial charge is 0.411 e. The van der Waals surface area contributed by atoms with Gasteiger partial charge >= 0.3 is 6.03 Å². The van der Waals surface area contributed by atoms with Gasteiger partial charge in [-0.1, -0.05) is 80.7 Å². The second-order valence-corrected chi connectivity index (χ2v) is 17.3. The van der Waals surface area contributed by atoms with Gasteiger partial charge in [0.15, 0.2) is 0 Å². The molecule has 0 radical (unpaired) electrons. The molecule has 5 N–H and O–H groups in total. The topological polar surface area (TPSA) is 194 Å². The van der Waals surface area contributed by atoms with Crippen LogP contribution in [0.5, 0.6) is 0 Å². The van der Waals surface area contributed by atoms with E-state index in [9.17, 15) is 27.9 Å². The number of aliphatic hydroxyl groups excluding tert-OH is 1. The number of benzene rings is 2. The Bertz CT molecular complexity index is 1830. The van der Waals surface area contributed by atoms with Crippen LogP contribution in [0.2, 0.25) is 0 Å². The minimum atomic E-state index is -4.08. The summed E-state index contributed by atoms with van der Waals surface area (Å²) in [5.74, 6) is -0.822. The third-order valence-electron chi connectivity index (χ3n) is 10.0. The van der Waals surface area contributed by atoms with Gasteiger partial charge in [-0.05, 0) is 61.3 Å². The van der Waals surface area contributed by atoms with Gasteiger partial charge in [0.1, 0.15) is 11.0 Å². The van der Waals surface area contributed by atoms with Crippen LogP contribution in [-0.4, -0.2) is 95.3 Å². The summed E-state index contributed by atoms with van der Waals surface area (Å²) in [5, 5.41) is 35.0. The number of amides is 4. The van der Waals surface area contributed by atoms with E-state index in [0.717, 1.165) is 31.2 Å². The predicted molar refractivity (Wildman–Crippen MR) is 212 cm³/mol. The van der Waals surface area contributed by atoms with Crippen LogP contribution in [0.3, 0.4) is 0 Å². The molecule has 300 valence electrons. The molecular formula is C39H55N7O7S2. The molecule has 16 heteroatoms. The van der Waals surface area contributed by atoms with Crippen molar-refractivity contribution >= 4 is 45.4 Å². The number of nitrogens with zero attached hydrogens (tertiary/aromatic N) is 4. The summed E-state index contributed by atoms with van der Waals surface area (Å²) in [6.07, 6.45) is 4.44. The molecule has 14 nitrogen and oxygen atoms in total. The zero-order chi connectivity index (χ0) is 40.1. The summed E-state index contributed by atoms with van der Waals surface area (Å²) in [7, 11) is -2.47. The van der Waals surface area contributed by atoms with Crippen molar-refractivity contribution in [1.82, 2.24) is 30.1 Å². The number of aromatic nitrogens is 1. The van der Waals surface area contributed by atoms with E-state index in [2.05, 4.69) is 26.1 Å². The number of thiazole rings is 1. The zero-order valence-corrected chi connectivity index (χ0v) is 33.9. The van der Waals surface area contributed by atoms with Crippen molar-refractivity contribution in [3.63, 3.8) is 0 Å². The highest BCUT2D eigenvalue weighted by Gasteiger charge is 2.35. The molecule has 1 heterocycles. The number of nitrogens with one attached hydrogen (secondary N) is 3. The van der Waals surface area contributed by atoms with Crippen LogP contribution in [-0.2, 0) is 32.6 Å². The number of carbonyl (C=O) groups excluding carboxylic acids is 3. The molecule has 1 fully saturated rings. The molecule has 4 rings (SSSR count). The van der Waals surface area contributed by atoms with Crippen molar-refractivity contribution in [3.05, 3.63) is 81.8 Å². The molecule has 0 bridgehead atoms. The van der Waals surface area contributed by atoms with Crippen LogP contribution < -0.4 is 16.0 Å². The number of oxime groups is 1. The third kappa shape index (κ3) is 12.6. The first-order valence-corrected chi connectivity index (χ1v) is 21.1. The lowest BCUT2D eigenvalue weighted by molar-refractivity contribution is -0.125. The first-order chi connectivity index (χ1) is 26.2. The van der Waals surface area contributed by atoms with Gasteiger partial charge in [0.2, 0.25) is 21.8 Å². The monoisotopic (exact) mass is 797 g/mol. The van der Waals surface area contributed by atoms with Gasteiger partial charge < -0.3 is 31.2 Å². The molecule has 0 saturated heterocycles. The molecule has 1 aliphatic rings. The number of urea groups is 1. The number of hydrogen-bond donors (Lipinski definition) is 5. The highest BCUT2D eigenvalue weighted by atomic mass is 32.2. The minimum absolute atomic E-state index is 0.0382.